The molecule has 1 unspecified atom stereocenters. The van der Waals surface area contributed by atoms with Gasteiger partial charge in [0.1, 0.15) is 5.82 Å². The SMILES string of the molecule is CC(C)N1CCCC(c2nnc3cc(Cl)ccn23)C1. The average Bonchev–Trinajstić information content (AvgIpc) is 2.81. The summed E-state index contributed by atoms with van der Waals surface area (Å²) in [7, 11) is 0. The lowest BCUT2D eigenvalue weighted by molar-refractivity contribution is 0.164. The molecule has 1 fully saturated rings. The number of halogens is 1. The fourth-order valence-electron chi connectivity index (χ4n) is 2.85. The number of piperidine rings is 1. The zero-order valence-electron chi connectivity index (χ0n) is 11.4. The van der Waals surface area contributed by atoms with E-state index in [1.165, 1.54) is 19.4 Å². The molecule has 0 amide bonds. The second-order valence-electron chi connectivity index (χ2n) is 5.56. The molecule has 0 N–H and O–H groups in total. The summed E-state index contributed by atoms with van der Waals surface area (Å²) in [6.07, 6.45) is 4.39. The largest absolute Gasteiger partial charge is 0.300 e. The molecule has 1 saturated heterocycles. The van der Waals surface area contributed by atoms with Gasteiger partial charge in [0.25, 0.3) is 0 Å². The number of hydrogen-bond donors (Lipinski definition) is 0. The molecule has 19 heavy (non-hydrogen) atoms. The van der Waals surface area contributed by atoms with Gasteiger partial charge in [-0.2, -0.15) is 0 Å². The van der Waals surface area contributed by atoms with Crippen molar-refractivity contribution in [1.82, 2.24) is 19.5 Å². The Morgan fingerprint density at radius 1 is 1.37 bits per heavy atom. The number of rotatable bonds is 2. The highest BCUT2D eigenvalue weighted by molar-refractivity contribution is 6.30. The molecule has 5 heteroatoms. The second-order valence-corrected chi connectivity index (χ2v) is 6.00. The van der Waals surface area contributed by atoms with Gasteiger partial charge in [-0.3, -0.25) is 4.40 Å². The summed E-state index contributed by atoms with van der Waals surface area (Å²) in [6.45, 7) is 6.77. The lowest BCUT2D eigenvalue weighted by Gasteiger charge is -2.34. The molecule has 4 nitrogen and oxygen atoms in total. The van der Waals surface area contributed by atoms with Gasteiger partial charge in [-0.15, -0.1) is 10.2 Å². The molecule has 1 aliphatic heterocycles. The van der Waals surface area contributed by atoms with Gasteiger partial charge in [0.05, 0.1) is 0 Å². The van der Waals surface area contributed by atoms with E-state index in [-0.39, 0.29) is 0 Å². The summed E-state index contributed by atoms with van der Waals surface area (Å²) >= 11 is 5.99. The van der Waals surface area contributed by atoms with E-state index in [2.05, 4.69) is 33.3 Å². The minimum Gasteiger partial charge on any atom is -0.300 e. The molecule has 0 aromatic carbocycles. The number of pyridine rings is 1. The van der Waals surface area contributed by atoms with Crippen LogP contribution in [0.3, 0.4) is 0 Å². The van der Waals surface area contributed by atoms with E-state index < -0.39 is 0 Å². The number of aromatic nitrogens is 3. The molecule has 3 heterocycles. The van der Waals surface area contributed by atoms with Gasteiger partial charge < -0.3 is 4.90 Å². The maximum Gasteiger partial charge on any atom is 0.162 e. The molecule has 1 atom stereocenters. The summed E-state index contributed by atoms with van der Waals surface area (Å²) in [6, 6.07) is 4.35. The van der Waals surface area contributed by atoms with Crippen molar-refractivity contribution in [3.05, 3.63) is 29.2 Å². The predicted octanol–water partition coefficient (Wildman–Crippen LogP) is 2.97. The Morgan fingerprint density at radius 2 is 2.21 bits per heavy atom. The third-order valence-electron chi connectivity index (χ3n) is 3.95. The summed E-state index contributed by atoms with van der Waals surface area (Å²) in [5.74, 6) is 1.53. The molecule has 0 bridgehead atoms. The van der Waals surface area contributed by atoms with Crippen molar-refractivity contribution >= 4 is 17.2 Å². The fourth-order valence-corrected chi connectivity index (χ4v) is 3.00. The van der Waals surface area contributed by atoms with E-state index in [9.17, 15) is 0 Å². The first-order valence-corrected chi connectivity index (χ1v) is 7.27. The van der Waals surface area contributed by atoms with Gasteiger partial charge >= 0.3 is 0 Å². The average molecular weight is 279 g/mol. The van der Waals surface area contributed by atoms with Crippen LogP contribution in [0.1, 0.15) is 38.4 Å². The van der Waals surface area contributed by atoms with E-state index in [0.29, 0.717) is 17.0 Å². The molecule has 0 saturated carbocycles. The normalized spacial score (nSPS) is 21.4. The molecule has 1 aliphatic rings. The Labute approximate surface area is 118 Å². The number of hydrogen-bond acceptors (Lipinski definition) is 3. The van der Waals surface area contributed by atoms with Crippen LogP contribution in [0.25, 0.3) is 5.65 Å². The summed E-state index contributed by atoms with van der Waals surface area (Å²) in [4.78, 5) is 2.52. The monoisotopic (exact) mass is 278 g/mol. The van der Waals surface area contributed by atoms with Crippen molar-refractivity contribution in [2.45, 2.75) is 38.6 Å². The minimum atomic E-state index is 0.465. The highest BCUT2D eigenvalue weighted by Crippen LogP contribution is 2.27. The third kappa shape index (κ3) is 2.47. The Morgan fingerprint density at radius 3 is 3.00 bits per heavy atom. The molecule has 3 rings (SSSR count). The predicted molar refractivity (Wildman–Crippen MR) is 76.7 cm³/mol. The van der Waals surface area contributed by atoms with Crippen LogP contribution in [0, 0.1) is 0 Å². The molecule has 2 aromatic rings. The summed E-state index contributed by atoms with van der Waals surface area (Å²) in [5.41, 5.74) is 0.837. The zero-order chi connectivity index (χ0) is 13.4. The second kappa shape index (κ2) is 5.10. The Balaban J connectivity index is 1.91. The van der Waals surface area contributed by atoms with Crippen molar-refractivity contribution in [2.75, 3.05) is 13.1 Å². The number of likely N-dealkylation sites (tertiary alicyclic amines) is 1. The molecular formula is C14H19ClN4. The van der Waals surface area contributed by atoms with Gasteiger partial charge in [-0.05, 0) is 39.3 Å². The maximum absolute atomic E-state index is 5.99. The quantitative estimate of drug-likeness (QED) is 0.847. The summed E-state index contributed by atoms with van der Waals surface area (Å²) < 4.78 is 2.07. The zero-order valence-corrected chi connectivity index (χ0v) is 12.1. The van der Waals surface area contributed by atoms with Gasteiger partial charge in [0, 0.05) is 35.8 Å². The van der Waals surface area contributed by atoms with Crippen molar-refractivity contribution < 1.29 is 0 Å². The molecule has 0 radical (unpaired) electrons. The van der Waals surface area contributed by atoms with E-state index >= 15 is 0 Å². The first-order chi connectivity index (χ1) is 9.15. The minimum absolute atomic E-state index is 0.465. The molecule has 102 valence electrons. The maximum atomic E-state index is 5.99. The summed E-state index contributed by atoms with van der Waals surface area (Å²) in [5, 5.41) is 9.32. The first kappa shape index (κ1) is 12.9. The van der Waals surface area contributed by atoms with Crippen LogP contribution in [-0.2, 0) is 0 Å². The number of nitrogens with zero attached hydrogens (tertiary/aromatic N) is 4. The Hall–Kier alpha value is -1.13. The molecule has 0 aliphatic carbocycles. The van der Waals surface area contributed by atoms with E-state index in [1.807, 2.05) is 18.3 Å². The smallest absolute Gasteiger partial charge is 0.162 e. The Bertz CT molecular complexity index is 578. The van der Waals surface area contributed by atoms with Crippen LogP contribution < -0.4 is 0 Å². The van der Waals surface area contributed by atoms with E-state index in [1.54, 1.807) is 0 Å². The van der Waals surface area contributed by atoms with Crippen LogP contribution in [0.2, 0.25) is 5.02 Å². The lowest BCUT2D eigenvalue weighted by atomic mass is 9.96. The molecular weight excluding hydrogens is 260 g/mol. The van der Waals surface area contributed by atoms with Gasteiger partial charge in [-0.25, -0.2) is 0 Å². The van der Waals surface area contributed by atoms with E-state index in [4.69, 9.17) is 11.6 Å². The standard InChI is InChI=1S/C14H19ClN4/c1-10(2)18-6-3-4-11(9-18)14-17-16-13-8-12(15)5-7-19(13)14/h5,7-8,10-11H,3-4,6,9H2,1-2H3. The highest BCUT2D eigenvalue weighted by atomic mass is 35.5. The van der Waals surface area contributed by atoms with Crippen molar-refractivity contribution in [3.63, 3.8) is 0 Å². The van der Waals surface area contributed by atoms with E-state index in [0.717, 1.165) is 18.0 Å². The fraction of sp³-hybridized carbons (Fsp3) is 0.571. The van der Waals surface area contributed by atoms with Crippen LogP contribution in [-0.4, -0.2) is 38.6 Å². The lowest BCUT2D eigenvalue weighted by Crippen LogP contribution is -2.39. The topological polar surface area (TPSA) is 33.4 Å². The van der Waals surface area contributed by atoms with Gasteiger partial charge in [0.15, 0.2) is 5.65 Å². The first-order valence-electron chi connectivity index (χ1n) is 6.89. The van der Waals surface area contributed by atoms with Crippen LogP contribution in [0.5, 0.6) is 0 Å². The van der Waals surface area contributed by atoms with Crippen LogP contribution in [0.15, 0.2) is 18.3 Å². The Kier molecular flexibility index (Phi) is 3.46. The van der Waals surface area contributed by atoms with Gasteiger partial charge in [-0.1, -0.05) is 11.6 Å². The van der Waals surface area contributed by atoms with Crippen LogP contribution in [0.4, 0.5) is 0 Å². The third-order valence-corrected chi connectivity index (χ3v) is 4.18. The molecule has 2 aromatic heterocycles. The van der Waals surface area contributed by atoms with Crippen LogP contribution >= 0.6 is 11.6 Å². The molecule has 0 spiro atoms. The van der Waals surface area contributed by atoms with Gasteiger partial charge in [0.2, 0.25) is 0 Å². The van der Waals surface area contributed by atoms with Crippen molar-refractivity contribution in [1.29, 1.82) is 0 Å². The highest BCUT2D eigenvalue weighted by Gasteiger charge is 2.26. The van der Waals surface area contributed by atoms with Crippen molar-refractivity contribution in [2.24, 2.45) is 0 Å². The number of fused-ring (bicyclic) bond motifs is 1. The van der Waals surface area contributed by atoms with Crippen molar-refractivity contribution in [3.8, 4) is 0 Å².